The second-order valence-corrected chi connectivity index (χ2v) is 5.32. The molecule has 2 rings (SSSR count). The summed E-state index contributed by atoms with van der Waals surface area (Å²) in [7, 11) is 1.62. The van der Waals surface area contributed by atoms with Crippen LogP contribution in [0.4, 0.5) is 0 Å². The van der Waals surface area contributed by atoms with E-state index in [0.29, 0.717) is 31.5 Å². The molecule has 0 fully saturated rings. The van der Waals surface area contributed by atoms with Crippen molar-refractivity contribution in [2.45, 2.75) is 12.8 Å². The molecule has 0 unspecified atom stereocenters. The Morgan fingerprint density at radius 1 is 0.917 bits per heavy atom. The first-order chi connectivity index (χ1) is 11.7. The Morgan fingerprint density at radius 2 is 1.58 bits per heavy atom. The number of hydrogen-bond acceptors (Lipinski definition) is 3. The van der Waals surface area contributed by atoms with Gasteiger partial charge in [0.2, 0.25) is 5.91 Å². The van der Waals surface area contributed by atoms with Crippen LogP contribution in [0.2, 0.25) is 0 Å². The predicted octanol–water partition coefficient (Wildman–Crippen LogP) is 2.17. The lowest BCUT2D eigenvalue weighted by Crippen LogP contribution is -2.34. The molecular weight excluding hydrogens is 304 g/mol. The second kappa shape index (κ2) is 9.35. The first kappa shape index (κ1) is 17.5. The molecule has 126 valence electrons. The number of hydrogen-bond donors (Lipinski definition) is 2. The molecule has 0 radical (unpaired) electrons. The first-order valence-electron chi connectivity index (χ1n) is 7.92. The number of benzene rings is 2. The quantitative estimate of drug-likeness (QED) is 0.731. The monoisotopic (exact) mass is 326 g/mol. The number of rotatable bonds is 8. The zero-order valence-corrected chi connectivity index (χ0v) is 13.7. The van der Waals surface area contributed by atoms with E-state index in [0.717, 1.165) is 11.3 Å². The van der Waals surface area contributed by atoms with E-state index in [1.54, 1.807) is 19.2 Å². The normalized spacial score (nSPS) is 10.0. The van der Waals surface area contributed by atoms with Gasteiger partial charge < -0.3 is 15.4 Å². The fourth-order valence-corrected chi connectivity index (χ4v) is 2.21. The van der Waals surface area contributed by atoms with Crippen LogP contribution in [0.3, 0.4) is 0 Å². The molecule has 0 saturated carbocycles. The number of amides is 2. The molecule has 0 aliphatic carbocycles. The van der Waals surface area contributed by atoms with Crippen molar-refractivity contribution in [3.8, 4) is 5.75 Å². The van der Waals surface area contributed by atoms with E-state index in [2.05, 4.69) is 10.6 Å². The molecule has 0 aliphatic rings. The standard InChI is InChI=1S/C19H22N2O3/c1-24-17-10-7-15(8-11-17)9-12-18(22)20-13-14-21-19(23)16-5-3-2-4-6-16/h2-8,10-11H,9,12-14H2,1H3,(H,20,22)(H,21,23). The Balaban J connectivity index is 1.62. The van der Waals surface area contributed by atoms with Gasteiger partial charge in [-0.15, -0.1) is 0 Å². The van der Waals surface area contributed by atoms with E-state index >= 15 is 0 Å². The van der Waals surface area contributed by atoms with Crippen molar-refractivity contribution in [2.75, 3.05) is 20.2 Å². The molecule has 5 nitrogen and oxygen atoms in total. The van der Waals surface area contributed by atoms with Crippen molar-refractivity contribution in [1.82, 2.24) is 10.6 Å². The van der Waals surface area contributed by atoms with Gasteiger partial charge in [-0.25, -0.2) is 0 Å². The maximum absolute atomic E-state index is 11.8. The van der Waals surface area contributed by atoms with Gasteiger partial charge >= 0.3 is 0 Å². The molecule has 0 spiro atoms. The van der Waals surface area contributed by atoms with E-state index < -0.39 is 0 Å². The van der Waals surface area contributed by atoms with Crippen LogP contribution < -0.4 is 15.4 Å². The molecule has 0 heterocycles. The van der Waals surface area contributed by atoms with Gasteiger partial charge in [-0.3, -0.25) is 9.59 Å². The molecule has 2 N–H and O–H groups in total. The molecule has 5 heteroatoms. The Morgan fingerprint density at radius 3 is 2.25 bits per heavy atom. The lowest BCUT2D eigenvalue weighted by Gasteiger charge is -2.07. The van der Waals surface area contributed by atoms with Gasteiger partial charge in [0.05, 0.1) is 7.11 Å². The third kappa shape index (κ3) is 5.76. The van der Waals surface area contributed by atoms with Gasteiger partial charge in [0.15, 0.2) is 0 Å². The van der Waals surface area contributed by atoms with E-state index in [9.17, 15) is 9.59 Å². The first-order valence-corrected chi connectivity index (χ1v) is 7.92. The molecule has 0 bridgehead atoms. The molecular formula is C19H22N2O3. The molecule has 2 aromatic rings. The van der Waals surface area contributed by atoms with Gasteiger partial charge in [-0.1, -0.05) is 30.3 Å². The molecule has 24 heavy (non-hydrogen) atoms. The summed E-state index contributed by atoms with van der Waals surface area (Å²) in [6.45, 7) is 0.821. The van der Waals surface area contributed by atoms with Crippen molar-refractivity contribution in [2.24, 2.45) is 0 Å². The summed E-state index contributed by atoms with van der Waals surface area (Å²) in [5.74, 6) is 0.639. The molecule has 0 aliphatic heterocycles. The zero-order valence-electron chi connectivity index (χ0n) is 13.7. The van der Waals surface area contributed by atoms with Crippen LogP contribution in [-0.2, 0) is 11.2 Å². The van der Waals surface area contributed by atoms with Gasteiger partial charge in [-0.2, -0.15) is 0 Å². The number of carbonyl (C=O) groups excluding carboxylic acids is 2. The zero-order chi connectivity index (χ0) is 17.2. The van der Waals surface area contributed by atoms with Crippen molar-refractivity contribution in [3.63, 3.8) is 0 Å². The second-order valence-electron chi connectivity index (χ2n) is 5.32. The smallest absolute Gasteiger partial charge is 0.251 e. The largest absolute Gasteiger partial charge is 0.497 e. The van der Waals surface area contributed by atoms with Crippen molar-refractivity contribution < 1.29 is 14.3 Å². The van der Waals surface area contributed by atoms with E-state index in [1.807, 2.05) is 42.5 Å². The molecule has 0 aromatic heterocycles. The Bertz CT molecular complexity index is 654. The Hall–Kier alpha value is -2.82. The van der Waals surface area contributed by atoms with Crippen molar-refractivity contribution in [1.29, 1.82) is 0 Å². The van der Waals surface area contributed by atoms with Crippen LogP contribution >= 0.6 is 0 Å². The van der Waals surface area contributed by atoms with Gasteiger partial charge in [0, 0.05) is 25.1 Å². The molecule has 0 saturated heterocycles. The van der Waals surface area contributed by atoms with Gasteiger partial charge in [0.25, 0.3) is 5.91 Å². The van der Waals surface area contributed by atoms with Crippen LogP contribution in [0.25, 0.3) is 0 Å². The summed E-state index contributed by atoms with van der Waals surface area (Å²) in [6, 6.07) is 16.7. The summed E-state index contributed by atoms with van der Waals surface area (Å²) < 4.78 is 5.10. The predicted molar refractivity (Wildman–Crippen MR) is 93.1 cm³/mol. The maximum Gasteiger partial charge on any atom is 0.251 e. The van der Waals surface area contributed by atoms with Crippen molar-refractivity contribution in [3.05, 3.63) is 65.7 Å². The summed E-state index contributed by atoms with van der Waals surface area (Å²) in [5.41, 5.74) is 1.70. The van der Waals surface area contributed by atoms with Crippen LogP contribution in [0.1, 0.15) is 22.3 Å². The third-order valence-corrected chi connectivity index (χ3v) is 3.57. The number of carbonyl (C=O) groups is 2. The minimum atomic E-state index is -0.136. The summed E-state index contributed by atoms with van der Waals surface area (Å²) in [5, 5.41) is 5.58. The highest BCUT2D eigenvalue weighted by molar-refractivity contribution is 5.94. The topological polar surface area (TPSA) is 67.4 Å². The van der Waals surface area contributed by atoms with Crippen LogP contribution in [0, 0.1) is 0 Å². The van der Waals surface area contributed by atoms with Crippen LogP contribution in [0.15, 0.2) is 54.6 Å². The minimum Gasteiger partial charge on any atom is -0.497 e. The fraction of sp³-hybridized carbons (Fsp3) is 0.263. The number of nitrogens with one attached hydrogen (secondary N) is 2. The van der Waals surface area contributed by atoms with Crippen LogP contribution in [-0.4, -0.2) is 32.0 Å². The molecule has 2 amide bonds. The van der Waals surface area contributed by atoms with Crippen LogP contribution in [0.5, 0.6) is 5.75 Å². The lowest BCUT2D eigenvalue weighted by molar-refractivity contribution is -0.121. The third-order valence-electron chi connectivity index (χ3n) is 3.57. The van der Waals surface area contributed by atoms with E-state index in [-0.39, 0.29) is 11.8 Å². The van der Waals surface area contributed by atoms with Gasteiger partial charge in [-0.05, 0) is 36.2 Å². The molecule has 2 aromatic carbocycles. The average molecular weight is 326 g/mol. The van der Waals surface area contributed by atoms with Crippen molar-refractivity contribution >= 4 is 11.8 Å². The van der Waals surface area contributed by atoms with E-state index in [1.165, 1.54) is 0 Å². The highest BCUT2D eigenvalue weighted by atomic mass is 16.5. The molecule has 0 atom stereocenters. The number of ether oxygens (including phenoxy) is 1. The average Bonchev–Trinajstić information content (AvgIpc) is 2.64. The van der Waals surface area contributed by atoms with E-state index in [4.69, 9.17) is 4.74 Å². The summed E-state index contributed by atoms with van der Waals surface area (Å²) in [4.78, 5) is 23.6. The lowest BCUT2D eigenvalue weighted by atomic mass is 10.1. The minimum absolute atomic E-state index is 0.0280. The highest BCUT2D eigenvalue weighted by Gasteiger charge is 2.05. The maximum atomic E-state index is 11.8. The fourth-order valence-electron chi connectivity index (χ4n) is 2.21. The number of methoxy groups -OCH3 is 1. The Labute approximate surface area is 142 Å². The highest BCUT2D eigenvalue weighted by Crippen LogP contribution is 2.12. The number of aryl methyl sites for hydroxylation is 1. The SMILES string of the molecule is COc1ccc(CCC(=O)NCCNC(=O)c2ccccc2)cc1. The van der Waals surface area contributed by atoms with Gasteiger partial charge in [0.1, 0.15) is 5.75 Å². The summed E-state index contributed by atoms with van der Waals surface area (Å²) in [6.07, 6.45) is 1.09. The Kier molecular flexibility index (Phi) is 6.83. The summed E-state index contributed by atoms with van der Waals surface area (Å²) >= 11 is 0.